The highest BCUT2D eigenvalue weighted by atomic mass is 16.2. The van der Waals surface area contributed by atoms with Crippen molar-refractivity contribution in [2.24, 2.45) is 0 Å². The molecule has 1 aromatic heterocycles. The number of H-pyrrole nitrogens is 1. The molecule has 7 nitrogen and oxygen atoms in total. The number of anilines is 2. The second kappa shape index (κ2) is 8.67. The number of aromatic nitrogens is 2. The Kier molecular flexibility index (Phi) is 6.06. The number of carbonyl (C=O) groups is 1. The number of rotatable bonds is 7. The highest BCUT2D eigenvalue weighted by Gasteiger charge is 2.12. The quantitative estimate of drug-likeness (QED) is 0.659. The van der Waals surface area contributed by atoms with Crippen molar-refractivity contribution in [2.75, 3.05) is 37.4 Å². The summed E-state index contributed by atoms with van der Waals surface area (Å²) in [6, 6.07) is 14.9. The molecule has 3 rings (SSSR count). The van der Waals surface area contributed by atoms with E-state index in [1.807, 2.05) is 73.3 Å². The molecule has 28 heavy (non-hydrogen) atoms. The Hall–Kier alpha value is -3.19. The summed E-state index contributed by atoms with van der Waals surface area (Å²) in [4.78, 5) is 35.9. The largest absolute Gasteiger partial charge is 0.378 e. The lowest BCUT2D eigenvalue weighted by Gasteiger charge is -2.19. The molecule has 0 unspecified atom stereocenters. The maximum absolute atomic E-state index is 12.4. The van der Waals surface area contributed by atoms with E-state index >= 15 is 0 Å². The zero-order valence-electron chi connectivity index (χ0n) is 16.4. The van der Waals surface area contributed by atoms with E-state index in [-0.39, 0.29) is 18.0 Å². The van der Waals surface area contributed by atoms with E-state index in [4.69, 9.17) is 0 Å². The van der Waals surface area contributed by atoms with Crippen molar-refractivity contribution in [1.82, 2.24) is 14.9 Å². The minimum absolute atomic E-state index is 0.109. The van der Waals surface area contributed by atoms with Gasteiger partial charge in [-0.25, -0.2) is 4.98 Å². The van der Waals surface area contributed by atoms with E-state index in [0.29, 0.717) is 29.8 Å². The van der Waals surface area contributed by atoms with Crippen LogP contribution in [0.5, 0.6) is 0 Å². The lowest BCUT2D eigenvalue weighted by atomic mass is 10.2. The summed E-state index contributed by atoms with van der Waals surface area (Å²) in [5.74, 6) is 0.441. The number of benzene rings is 2. The van der Waals surface area contributed by atoms with Crippen molar-refractivity contribution in [1.29, 1.82) is 0 Å². The number of carbonyl (C=O) groups excluding carboxylic acids is 1. The van der Waals surface area contributed by atoms with E-state index < -0.39 is 0 Å². The zero-order chi connectivity index (χ0) is 20.1. The van der Waals surface area contributed by atoms with Crippen molar-refractivity contribution in [3.05, 3.63) is 64.7 Å². The van der Waals surface area contributed by atoms with Gasteiger partial charge in [-0.05, 0) is 42.9 Å². The van der Waals surface area contributed by atoms with Crippen LogP contribution in [0, 0.1) is 0 Å². The highest BCUT2D eigenvalue weighted by molar-refractivity contribution is 5.92. The van der Waals surface area contributed by atoms with Crippen LogP contribution >= 0.6 is 0 Å². The first-order valence-corrected chi connectivity index (χ1v) is 9.24. The first-order chi connectivity index (χ1) is 13.5. The van der Waals surface area contributed by atoms with Gasteiger partial charge < -0.3 is 15.2 Å². The van der Waals surface area contributed by atoms with Gasteiger partial charge >= 0.3 is 0 Å². The highest BCUT2D eigenvalue weighted by Crippen LogP contribution is 2.15. The average Bonchev–Trinajstić information content (AvgIpc) is 2.68. The van der Waals surface area contributed by atoms with E-state index in [0.717, 1.165) is 11.4 Å². The number of para-hydroxylation sites is 1. The molecule has 2 aromatic carbocycles. The summed E-state index contributed by atoms with van der Waals surface area (Å²) in [5.41, 5.74) is 2.31. The lowest BCUT2D eigenvalue weighted by molar-refractivity contribution is -0.117. The van der Waals surface area contributed by atoms with Crippen LogP contribution in [0.15, 0.2) is 53.3 Å². The number of amides is 1. The Balaban J connectivity index is 1.65. The topological polar surface area (TPSA) is 81.3 Å². The van der Waals surface area contributed by atoms with Crippen molar-refractivity contribution in [3.8, 4) is 0 Å². The molecule has 0 radical (unpaired) electrons. The zero-order valence-corrected chi connectivity index (χ0v) is 16.4. The number of hydrogen-bond acceptors (Lipinski definition) is 5. The predicted octanol–water partition coefficient (Wildman–Crippen LogP) is 2.45. The van der Waals surface area contributed by atoms with E-state index in [1.165, 1.54) is 0 Å². The number of fused-ring (bicyclic) bond motifs is 1. The van der Waals surface area contributed by atoms with Gasteiger partial charge in [0.25, 0.3) is 5.56 Å². The van der Waals surface area contributed by atoms with Gasteiger partial charge in [-0.3, -0.25) is 14.5 Å². The number of nitrogens with one attached hydrogen (secondary N) is 2. The molecule has 7 heteroatoms. The molecular weight excluding hydrogens is 354 g/mol. The second-order valence-corrected chi connectivity index (χ2v) is 6.82. The van der Waals surface area contributed by atoms with Gasteiger partial charge in [0, 0.05) is 25.5 Å². The van der Waals surface area contributed by atoms with Crippen LogP contribution in [0.3, 0.4) is 0 Å². The summed E-state index contributed by atoms with van der Waals surface area (Å²) in [6.45, 7) is 3.23. The summed E-state index contributed by atoms with van der Waals surface area (Å²) in [6.07, 6.45) is 0. The van der Waals surface area contributed by atoms with Crippen LogP contribution in [0.25, 0.3) is 10.9 Å². The van der Waals surface area contributed by atoms with Crippen molar-refractivity contribution >= 4 is 28.2 Å². The molecule has 0 saturated heterocycles. The van der Waals surface area contributed by atoms with Crippen molar-refractivity contribution in [2.45, 2.75) is 13.5 Å². The van der Waals surface area contributed by atoms with Crippen LogP contribution in [-0.2, 0) is 11.3 Å². The molecule has 0 spiro atoms. The molecule has 146 valence electrons. The molecule has 1 amide bonds. The molecule has 0 bridgehead atoms. The third-order valence-corrected chi connectivity index (χ3v) is 4.52. The van der Waals surface area contributed by atoms with Crippen LogP contribution in [0.4, 0.5) is 11.4 Å². The Morgan fingerprint density at radius 3 is 2.50 bits per heavy atom. The SMILES string of the molecule is CCN(CC(=O)Nc1ccc(N(C)C)cc1)Cc1nc2ccccc2c(=O)[nH]1. The van der Waals surface area contributed by atoms with E-state index in [9.17, 15) is 9.59 Å². The monoisotopic (exact) mass is 379 g/mol. The summed E-state index contributed by atoms with van der Waals surface area (Å²) in [7, 11) is 3.94. The standard InChI is InChI=1S/C21H25N5O2/c1-4-26(13-19-23-18-8-6-5-7-17(18)21(28)24-19)14-20(27)22-15-9-11-16(12-10-15)25(2)3/h5-12H,4,13-14H2,1-3H3,(H,22,27)(H,23,24,28). The first-order valence-electron chi connectivity index (χ1n) is 9.24. The van der Waals surface area contributed by atoms with E-state index in [2.05, 4.69) is 15.3 Å². The fourth-order valence-corrected chi connectivity index (χ4v) is 2.95. The molecule has 0 aliphatic carbocycles. The number of likely N-dealkylation sites (N-methyl/N-ethyl adjacent to an activating group) is 1. The molecule has 0 aliphatic heterocycles. The molecule has 3 aromatic rings. The van der Waals surface area contributed by atoms with Gasteiger partial charge in [0.2, 0.25) is 5.91 Å². The molecule has 0 atom stereocenters. The maximum atomic E-state index is 12.4. The minimum Gasteiger partial charge on any atom is -0.378 e. The molecule has 2 N–H and O–H groups in total. The summed E-state index contributed by atoms with van der Waals surface area (Å²) < 4.78 is 0. The fourth-order valence-electron chi connectivity index (χ4n) is 2.95. The third-order valence-electron chi connectivity index (χ3n) is 4.52. The number of nitrogens with zero attached hydrogens (tertiary/aromatic N) is 3. The molecule has 0 aliphatic rings. The third kappa shape index (κ3) is 4.75. The molecular formula is C21H25N5O2. The van der Waals surface area contributed by atoms with Crippen LogP contribution in [-0.4, -0.2) is 48.0 Å². The fraction of sp³-hybridized carbons (Fsp3) is 0.286. The van der Waals surface area contributed by atoms with E-state index in [1.54, 1.807) is 6.07 Å². The summed E-state index contributed by atoms with van der Waals surface area (Å²) in [5, 5.41) is 3.47. The first kappa shape index (κ1) is 19.6. The Morgan fingerprint density at radius 1 is 1.11 bits per heavy atom. The second-order valence-electron chi connectivity index (χ2n) is 6.82. The minimum atomic E-state index is -0.165. The van der Waals surface area contributed by atoms with Crippen molar-refractivity contribution < 1.29 is 4.79 Å². The lowest BCUT2D eigenvalue weighted by Crippen LogP contribution is -2.33. The van der Waals surface area contributed by atoms with Crippen LogP contribution in [0.1, 0.15) is 12.7 Å². The molecule has 1 heterocycles. The Bertz CT molecular complexity index is 1010. The van der Waals surface area contributed by atoms with Crippen LogP contribution < -0.4 is 15.8 Å². The van der Waals surface area contributed by atoms with Gasteiger partial charge in [-0.2, -0.15) is 0 Å². The molecule has 0 fully saturated rings. The maximum Gasteiger partial charge on any atom is 0.258 e. The van der Waals surface area contributed by atoms with Crippen LogP contribution in [0.2, 0.25) is 0 Å². The van der Waals surface area contributed by atoms with Gasteiger partial charge in [-0.1, -0.05) is 19.1 Å². The smallest absolute Gasteiger partial charge is 0.258 e. The molecule has 0 saturated carbocycles. The van der Waals surface area contributed by atoms with Gasteiger partial charge in [0.1, 0.15) is 5.82 Å². The van der Waals surface area contributed by atoms with Crippen molar-refractivity contribution in [3.63, 3.8) is 0 Å². The van der Waals surface area contributed by atoms with Gasteiger partial charge in [0.05, 0.1) is 24.0 Å². The number of hydrogen-bond donors (Lipinski definition) is 2. The predicted molar refractivity (Wildman–Crippen MR) is 113 cm³/mol. The average molecular weight is 379 g/mol. The Labute approximate surface area is 164 Å². The summed E-state index contributed by atoms with van der Waals surface area (Å²) >= 11 is 0. The Morgan fingerprint density at radius 2 is 1.82 bits per heavy atom. The van der Waals surface area contributed by atoms with Gasteiger partial charge in [0.15, 0.2) is 0 Å². The van der Waals surface area contributed by atoms with Gasteiger partial charge in [-0.15, -0.1) is 0 Å². The normalized spacial score (nSPS) is 11.0. The number of aromatic amines is 1.